The second-order valence-corrected chi connectivity index (χ2v) is 6.57. The van der Waals surface area contributed by atoms with Crippen molar-refractivity contribution < 1.29 is 9.90 Å². The number of hydrogen-bond acceptors (Lipinski definition) is 6. The summed E-state index contributed by atoms with van der Waals surface area (Å²) in [5, 5.41) is 13.9. The van der Waals surface area contributed by atoms with Crippen LogP contribution in [-0.2, 0) is 0 Å². The van der Waals surface area contributed by atoms with E-state index in [0.717, 1.165) is 11.3 Å². The van der Waals surface area contributed by atoms with Crippen molar-refractivity contribution in [1.82, 2.24) is 19.4 Å². The standard InChI is InChI=1S/C20H20N6O3/c1-13-11-26-12-17(19(21)28)23-18(20(26)22-13)15-5-3-4-14(10-15)6-7-16(27)8-9-25(2)24-29/h3-5,10-12,16,27H,8-9H2,1-2H3,(H2,21,28)/t16-/m0/s1. The van der Waals surface area contributed by atoms with E-state index in [0.29, 0.717) is 29.9 Å². The number of carbonyl (C=O) groups excluding carboxylic acids is 1. The SMILES string of the molecule is Cc1cn2cc(C(N)=O)nc(-c3cccc(C#C[C@H](O)CCN(C)N=O)c3)c2n1. The first-order valence-corrected chi connectivity index (χ1v) is 8.88. The molecule has 2 heterocycles. The van der Waals surface area contributed by atoms with Crippen LogP contribution in [0, 0.1) is 23.7 Å². The van der Waals surface area contributed by atoms with Crippen LogP contribution in [0.4, 0.5) is 0 Å². The van der Waals surface area contributed by atoms with Gasteiger partial charge >= 0.3 is 0 Å². The van der Waals surface area contributed by atoms with Crippen molar-refractivity contribution in [1.29, 1.82) is 0 Å². The number of aliphatic hydroxyl groups is 1. The van der Waals surface area contributed by atoms with Gasteiger partial charge in [0.05, 0.1) is 11.0 Å². The smallest absolute Gasteiger partial charge is 0.268 e. The number of hydrogen-bond donors (Lipinski definition) is 2. The number of nitroso groups, excluding NO2 is 1. The van der Waals surface area contributed by atoms with Crippen LogP contribution in [0.1, 0.15) is 28.2 Å². The van der Waals surface area contributed by atoms with Crippen LogP contribution in [0.15, 0.2) is 41.9 Å². The summed E-state index contributed by atoms with van der Waals surface area (Å²) in [5.41, 5.74) is 8.82. The van der Waals surface area contributed by atoms with E-state index in [9.17, 15) is 14.8 Å². The highest BCUT2D eigenvalue weighted by Crippen LogP contribution is 2.23. The van der Waals surface area contributed by atoms with Crippen LogP contribution in [0.2, 0.25) is 0 Å². The van der Waals surface area contributed by atoms with Crippen molar-refractivity contribution >= 4 is 11.6 Å². The van der Waals surface area contributed by atoms with Crippen LogP contribution < -0.4 is 5.73 Å². The number of nitrogens with two attached hydrogens (primary N) is 1. The molecule has 0 radical (unpaired) electrons. The van der Waals surface area contributed by atoms with Crippen molar-refractivity contribution in [3.63, 3.8) is 0 Å². The van der Waals surface area contributed by atoms with Crippen LogP contribution in [0.5, 0.6) is 0 Å². The average molecular weight is 392 g/mol. The number of aromatic nitrogens is 3. The second kappa shape index (κ2) is 8.50. The van der Waals surface area contributed by atoms with Gasteiger partial charge in [-0.2, -0.15) is 0 Å². The maximum atomic E-state index is 11.7. The Bertz CT molecular complexity index is 1130. The lowest BCUT2D eigenvalue weighted by molar-refractivity contribution is 0.0995. The molecule has 3 rings (SSSR count). The van der Waals surface area contributed by atoms with Gasteiger partial charge in [0.15, 0.2) is 5.65 Å². The number of aliphatic hydroxyl groups excluding tert-OH is 1. The minimum atomic E-state index is -0.888. The number of fused-ring (bicyclic) bond motifs is 1. The molecular weight excluding hydrogens is 372 g/mol. The number of benzene rings is 1. The summed E-state index contributed by atoms with van der Waals surface area (Å²) in [6.07, 6.45) is 2.75. The van der Waals surface area contributed by atoms with Gasteiger partial charge in [0.1, 0.15) is 17.5 Å². The van der Waals surface area contributed by atoms with E-state index >= 15 is 0 Å². The molecule has 1 aromatic carbocycles. The molecule has 1 amide bonds. The van der Waals surface area contributed by atoms with E-state index in [1.807, 2.05) is 13.0 Å². The maximum Gasteiger partial charge on any atom is 0.268 e. The third kappa shape index (κ3) is 4.75. The van der Waals surface area contributed by atoms with E-state index in [1.165, 1.54) is 12.1 Å². The molecule has 3 N–H and O–H groups in total. The Balaban J connectivity index is 1.93. The number of aryl methyl sites for hydroxylation is 1. The third-order valence-corrected chi connectivity index (χ3v) is 4.20. The van der Waals surface area contributed by atoms with Gasteiger partial charge in [0.2, 0.25) is 0 Å². The van der Waals surface area contributed by atoms with Crippen molar-refractivity contribution in [3.8, 4) is 23.1 Å². The summed E-state index contributed by atoms with van der Waals surface area (Å²) in [5.74, 6) is 5.03. The topological polar surface area (TPSA) is 126 Å². The third-order valence-electron chi connectivity index (χ3n) is 4.20. The van der Waals surface area contributed by atoms with Crippen molar-refractivity contribution in [2.45, 2.75) is 19.4 Å². The van der Waals surface area contributed by atoms with E-state index in [2.05, 4.69) is 27.1 Å². The fourth-order valence-corrected chi connectivity index (χ4v) is 2.77. The number of rotatable bonds is 6. The van der Waals surface area contributed by atoms with Crippen LogP contribution in [-0.4, -0.2) is 50.1 Å². The molecule has 2 aromatic heterocycles. The highest BCUT2D eigenvalue weighted by molar-refractivity contribution is 5.92. The zero-order valence-electron chi connectivity index (χ0n) is 16.0. The summed E-state index contributed by atoms with van der Waals surface area (Å²) in [6.45, 7) is 2.15. The Hall–Kier alpha value is -3.77. The minimum Gasteiger partial charge on any atom is -0.380 e. The number of imidazole rings is 1. The highest BCUT2D eigenvalue weighted by atomic mass is 16.3. The molecule has 1 atom stereocenters. The molecule has 0 aliphatic heterocycles. The number of primary amides is 1. The Morgan fingerprint density at radius 3 is 2.90 bits per heavy atom. The molecule has 9 nitrogen and oxygen atoms in total. The van der Waals surface area contributed by atoms with Gasteiger partial charge in [-0.05, 0) is 19.1 Å². The quantitative estimate of drug-likeness (QED) is 0.372. The van der Waals surface area contributed by atoms with Gasteiger partial charge in [0, 0.05) is 43.5 Å². The van der Waals surface area contributed by atoms with Gasteiger partial charge in [0.25, 0.3) is 5.91 Å². The molecule has 29 heavy (non-hydrogen) atoms. The molecule has 0 aliphatic carbocycles. The minimum absolute atomic E-state index is 0.129. The van der Waals surface area contributed by atoms with E-state index < -0.39 is 12.0 Å². The average Bonchev–Trinajstić information content (AvgIpc) is 3.09. The molecule has 0 unspecified atom stereocenters. The molecule has 0 saturated carbocycles. The lowest BCUT2D eigenvalue weighted by Gasteiger charge is -2.08. The van der Waals surface area contributed by atoms with Gasteiger partial charge in [-0.15, -0.1) is 4.91 Å². The van der Waals surface area contributed by atoms with Crippen LogP contribution in [0.3, 0.4) is 0 Å². The molecule has 9 heteroatoms. The van der Waals surface area contributed by atoms with E-state index in [1.54, 1.807) is 35.0 Å². The summed E-state index contributed by atoms with van der Waals surface area (Å²) < 4.78 is 1.72. The fraction of sp³-hybridized carbons (Fsp3) is 0.250. The predicted molar refractivity (Wildman–Crippen MR) is 108 cm³/mol. The summed E-state index contributed by atoms with van der Waals surface area (Å²) >= 11 is 0. The predicted octanol–water partition coefficient (Wildman–Crippen LogP) is 1.52. The van der Waals surface area contributed by atoms with E-state index in [-0.39, 0.29) is 5.69 Å². The second-order valence-electron chi connectivity index (χ2n) is 6.57. The van der Waals surface area contributed by atoms with Crippen molar-refractivity contribution in [3.05, 3.63) is 58.5 Å². The number of carbonyl (C=O) groups is 1. The van der Waals surface area contributed by atoms with Crippen LogP contribution in [0.25, 0.3) is 16.9 Å². The Labute approximate surface area is 167 Å². The molecule has 0 spiro atoms. The van der Waals surface area contributed by atoms with Gasteiger partial charge < -0.3 is 15.2 Å². The van der Waals surface area contributed by atoms with Gasteiger partial charge in [-0.1, -0.05) is 24.0 Å². The number of amides is 1. The summed E-state index contributed by atoms with van der Waals surface area (Å²) in [6, 6.07) is 7.24. The van der Waals surface area contributed by atoms with Crippen molar-refractivity contribution in [2.75, 3.05) is 13.6 Å². The number of nitrogens with zero attached hydrogens (tertiary/aromatic N) is 5. The largest absolute Gasteiger partial charge is 0.380 e. The normalized spacial score (nSPS) is 11.6. The zero-order chi connectivity index (χ0) is 21.0. The monoisotopic (exact) mass is 392 g/mol. The Morgan fingerprint density at radius 2 is 2.17 bits per heavy atom. The molecule has 0 fully saturated rings. The van der Waals surface area contributed by atoms with Gasteiger partial charge in [-0.3, -0.25) is 9.80 Å². The lowest BCUT2D eigenvalue weighted by Crippen LogP contribution is -2.17. The van der Waals surface area contributed by atoms with Crippen LogP contribution >= 0.6 is 0 Å². The van der Waals surface area contributed by atoms with Crippen molar-refractivity contribution in [2.24, 2.45) is 11.0 Å². The zero-order valence-corrected chi connectivity index (χ0v) is 16.0. The molecule has 0 saturated heterocycles. The lowest BCUT2D eigenvalue weighted by atomic mass is 10.1. The first-order valence-electron chi connectivity index (χ1n) is 8.88. The van der Waals surface area contributed by atoms with Gasteiger partial charge in [-0.25, -0.2) is 9.97 Å². The Morgan fingerprint density at radius 1 is 1.38 bits per heavy atom. The molecule has 148 valence electrons. The summed E-state index contributed by atoms with van der Waals surface area (Å²) in [4.78, 5) is 30.9. The fourth-order valence-electron chi connectivity index (χ4n) is 2.77. The molecular formula is C20H20N6O3. The Kier molecular flexibility index (Phi) is 5.85. The maximum absolute atomic E-state index is 11.7. The molecule has 0 aliphatic rings. The molecule has 0 bridgehead atoms. The van der Waals surface area contributed by atoms with E-state index in [4.69, 9.17) is 5.73 Å². The first kappa shape index (κ1) is 20.0. The highest BCUT2D eigenvalue weighted by Gasteiger charge is 2.14. The summed E-state index contributed by atoms with van der Waals surface area (Å²) in [7, 11) is 1.53. The first-order chi connectivity index (χ1) is 13.9. The molecule has 3 aromatic rings.